The van der Waals surface area contributed by atoms with Crippen LogP contribution in [0.15, 0.2) is 48.5 Å². The fourth-order valence-electron chi connectivity index (χ4n) is 3.45. The van der Waals surface area contributed by atoms with Crippen molar-refractivity contribution in [1.82, 2.24) is 10.9 Å². The van der Waals surface area contributed by atoms with E-state index < -0.39 is 0 Å². The van der Waals surface area contributed by atoms with E-state index >= 15 is 0 Å². The third-order valence-electron chi connectivity index (χ3n) is 6.55. The fourth-order valence-corrected chi connectivity index (χ4v) is 3.45. The van der Waals surface area contributed by atoms with Crippen molar-refractivity contribution in [1.29, 1.82) is 0 Å². The molecule has 6 nitrogen and oxygen atoms in total. The quantitative estimate of drug-likeness (QED) is 0.155. The third kappa shape index (κ3) is 9.79. The lowest BCUT2D eigenvalue weighted by molar-refractivity contribution is -0.940. The summed E-state index contributed by atoms with van der Waals surface area (Å²) in [5.74, 6) is 0.0693. The van der Waals surface area contributed by atoms with Gasteiger partial charge in [0.05, 0.1) is 53.1 Å². The Morgan fingerprint density at radius 2 is 0.853 bits per heavy atom. The zero-order valence-electron chi connectivity index (χ0n) is 21.3. The molecule has 0 bridgehead atoms. The Bertz CT molecular complexity index is 819. The highest BCUT2D eigenvalue weighted by Crippen LogP contribution is 2.21. The van der Waals surface area contributed by atoms with Crippen LogP contribution in [0.1, 0.15) is 38.8 Å². The maximum absolute atomic E-state index is 12.4. The van der Waals surface area contributed by atoms with E-state index in [1.807, 2.05) is 62.6 Å². The molecule has 2 rings (SSSR count). The van der Waals surface area contributed by atoms with Gasteiger partial charge in [0.1, 0.15) is 0 Å². The lowest BCUT2D eigenvalue weighted by atomic mass is 10.0. The van der Waals surface area contributed by atoms with Crippen LogP contribution in [0.25, 0.3) is 11.1 Å². The first-order valence-electron chi connectivity index (χ1n) is 11.7. The van der Waals surface area contributed by atoms with Crippen molar-refractivity contribution < 1.29 is 66.7 Å². The summed E-state index contributed by atoms with van der Waals surface area (Å²) in [5, 5.41) is 0. The SMILES string of the molecule is CC[N+](C)(CC)NC(=O)Cc1ccc(-c2ccc(CC(=O)N[N+](C)(CC)CC)cc2)cc1.[I-].[I-]. The first-order chi connectivity index (χ1) is 15.2. The number of halogens is 2. The molecule has 0 saturated carbocycles. The molecule has 0 radical (unpaired) electrons. The van der Waals surface area contributed by atoms with Crippen molar-refractivity contribution in [3.8, 4) is 11.1 Å². The van der Waals surface area contributed by atoms with Crippen molar-refractivity contribution in [2.45, 2.75) is 40.5 Å². The number of hydrogen-bond acceptors (Lipinski definition) is 2. The Hall–Kier alpha value is -1.24. The molecule has 2 aromatic carbocycles. The number of rotatable bonds is 11. The number of carbonyl (C=O) groups is 2. The first-order valence-corrected chi connectivity index (χ1v) is 11.7. The van der Waals surface area contributed by atoms with Gasteiger partial charge in [0, 0.05) is 0 Å². The Kier molecular flexibility index (Phi) is 14.5. The molecule has 0 aliphatic heterocycles. The van der Waals surface area contributed by atoms with Crippen molar-refractivity contribution in [3.05, 3.63) is 59.7 Å². The summed E-state index contributed by atoms with van der Waals surface area (Å²) in [6.07, 6.45) is 0.740. The van der Waals surface area contributed by atoms with Gasteiger partial charge in [-0.1, -0.05) is 48.5 Å². The largest absolute Gasteiger partial charge is 1.00 e. The predicted molar refractivity (Wildman–Crippen MR) is 130 cm³/mol. The van der Waals surface area contributed by atoms with Gasteiger partial charge in [-0.25, -0.2) is 20.0 Å². The summed E-state index contributed by atoms with van der Waals surface area (Å²) >= 11 is 0. The average Bonchev–Trinajstić information content (AvgIpc) is 2.79. The number of nitrogens with zero attached hydrogens (tertiary/aromatic N) is 2. The van der Waals surface area contributed by atoms with E-state index in [4.69, 9.17) is 0 Å². The smallest absolute Gasteiger partial charge is 0.269 e. The van der Waals surface area contributed by atoms with Crippen molar-refractivity contribution in [2.24, 2.45) is 0 Å². The number of amides is 2. The van der Waals surface area contributed by atoms with E-state index in [0.29, 0.717) is 22.0 Å². The molecule has 0 spiro atoms. The molecular formula is C26H40I2N4O2. The van der Waals surface area contributed by atoms with Crippen LogP contribution in [0.3, 0.4) is 0 Å². The summed E-state index contributed by atoms with van der Waals surface area (Å²) < 4.78 is 1.08. The van der Waals surface area contributed by atoms with Gasteiger partial charge >= 0.3 is 0 Å². The molecule has 0 aliphatic carbocycles. The molecule has 34 heavy (non-hydrogen) atoms. The van der Waals surface area contributed by atoms with Crippen molar-refractivity contribution in [3.63, 3.8) is 0 Å². The predicted octanol–water partition coefficient (Wildman–Crippen LogP) is -2.52. The minimum atomic E-state index is 0. The summed E-state index contributed by atoms with van der Waals surface area (Å²) in [5.41, 5.74) is 10.4. The molecular weight excluding hydrogens is 654 g/mol. The summed E-state index contributed by atoms with van der Waals surface area (Å²) in [7, 11) is 4.05. The molecule has 0 unspecified atom stereocenters. The van der Waals surface area contributed by atoms with E-state index in [9.17, 15) is 9.59 Å². The minimum Gasteiger partial charge on any atom is -1.00 e. The standard InChI is InChI=1S/C26H38N4O2.2HI/c1-7-29(5,8-2)27-25(31)19-21-11-15-23(16-12-21)24-17-13-22(14-18-24)20-26(32)28-30(6,9-3)10-4;;/h11-18H,7-10,19-20H2,1-6H3;2*1H. The lowest BCUT2D eigenvalue weighted by Crippen LogP contribution is -3.00. The zero-order valence-corrected chi connectivity index (χ0v) is 25.6. The van der Waals surface area contributed by atoms with Crippen LogP contribution in [0.4, 0.5) is 0 Å². The molecule has 0 aliphatic rings. The Morgan fingerprint density at radius 3 is 1.09 bits per heavy atom. The molecule has 8 heteroatoms. The van der Waals surface area contributed by atoms with Crippen LogP contribution >= 0.6 is 0 Å². The highest BCUT2D eigenvalue weighted by atomic mass is 127. The third-order valence-corrected chi connectivity index (χ3v) is 6.55. The maximum Gasteiger partial charge on any atom is 0.269 e. The molecule has 0 atom stereocenters. The summed E-state index contributed by atoms with van der Waals surface area (Å²) in [6.45, 7) is 11.7. The summed E-state index contributed by atoms with van der Waals surface area (Å²) in [4.78, 5) is 24.8. The maximum atomic E-state index is 12.4. The number of hydrogen-bond donors (Lipinski definition) is 2. The monoisotopic (exact) mass is 694 g/mol. The Labute approximate surface area is 239 Å². The van der Waals surface area contributed by atoms with Crippen molar-refractivity contribution in [2.75, 3.05) is 40.3 Å². The zero-order chi connectivity index (χ0) is 23.8. The van der Waals surface area contributed by atoms with Crippen LogP contribution < -0.4 is 58.8 Å². The molecule has 190 valence electrons. The first kappa shape index (κ1) is 32.8. The van der Waals surface area contributed by atoms with Gasteiger partial charge in [0.25, 0.3) is 11.8 Å². The lowest BCUT2D eigenvalue weighted by Gasteiger charge is -2.31. The van der Waals surface area contributed by atoms with Gasteiger partial charge in [-0.05, 0) is 49.9 Å². The van der Waals surface area contributed by atoms with Crippen molar-refractivity contribution >= 4 is 11.8 Å². The van der Waals surface area contributed by atoms with E-state index in [-0.39, 0.29) is 59.8 Å². The van der Waals surface area contributed by atoms with Gasteiger partial charge in [0.2, 0.25) is 0 Å². The summed E-state index contributed by atoms with van der Waals surface area (Å²) in [6, 6.07) is 16.2. The van der Waals surface area contributed by atoms with E-state index in [0.717, 1.165) is 48.4 Å². The molecule has 2 aromatic rings. The minimum absolute atomic E-state index is 0. The van der Waals surface area contributed by atoms with Crippen LogP contribution in [-0.2, 0) is 22.4 Å². The Morgan fingerprint density at radius 1 is 0.588 bits per heavy atom. The van der Waals surface area contributed by atoms with Crippen LogP contribution in [0.2, 0.25) is 0 Å². The fraction of sp³-hybridized carbons (Fsp3) is 0.462. The van der Waals surface area contributed by atoms with Gasteiger partial charge in [-0.15, -0.1) is 0 Å². The normalized spacial score (nSPS) is 11.1. The molecule has 0 fully saturated rings. The van der Waals surface area contributed by atoms with Gasteiger partial charge in [-0.3, -0.25) is 9.59 Å². The van der Waals surface area contributed by atoms with Gasteiger partial charge < -0.3 is 48.0 Å². The highest BCUT2D eigenvalue weighted by molar-refractivity contribution is 5.78. The van der Waals surface area contributed by atoms with E-state index in [1.165, 1.54) is 0 Å². The number of quaternary nitrogens is 2. The number of carbonyl (C=O) groups excluding carboxylic acids is 2. The second-order valence-corrected chi connectivity index (χ2v) is 8.87. The average molecular weight is 694 g/mol. The molecule has 0 saturated heterocycles. The molecule has 2 amide bonds. The second kappa shape index (κ2) is 15.0. The molecule has 2 N–H and O–H groups in total. The van der Waals surface area contributed by atoms with Gasteiger partial charge in [-0.2, -0.15) is 0 Å². The topological polar surface area (TPSA) is 58.2 Å². The number of nitrogens with one attached hydrogen (secondary N) is 2. The van der Waals surface area contributed by atoms with Crippen LogP contribution in [0.5, 0.6) is 0 Å². The second-order valence-electron chi connectivity index (χ2n) is 8.87. The van der Waals surface area contributed by atoms with E-state index in [2.05, 4.69) is 38.5 Å². The molecule has 0 aromatic heterocycles. The molecule has 0 heterocycles. The van der Waals surface area contributed by atoms with Gasteiger partial charge in [0.15, 0.2) is 0 Å². The van der Waals surface area contributed by atoms with Crippen LogP contribution in [-0.4, -0.2) is 61.3 Å². The van der Waals surface area contributed by atoms with Crippen LogP contribution in [0, 0.1) is 0 Å². The van der Waals surface area contributed by atoms with E-state index in [1.54, 1.807) is 0 Å². The number of benzene rings is 2. The Balaban J connectivity index is 0.00000544. The highest BCUT2D eigenvalue weighted by Gasteiger charge is 2.21.